The van der Waals surface area contributed by atoms with E-state index in [1.807, 2.05) is 32.0 Å². The number of thioether (sulfide) groups is 1. The zero-order valence-corrected chi connectivity index (χ0v) is 18.0. The van der Waals surface area contributed by atoms with Crippen molar-refractivity contribution in [2.75, 3.05) is 5.32 Å². The highest BCUT2D eigenvalue weighted by Gasteiger charge is 2.51. The summed E-state index contributed by atoms with van der Waals surface area (Å²) < 4.78 is 0. The zero-order chi connectivity index (χ0) is 20.2. The first-order valence-electron chi connectivity index (χ1n) is 10.8. The second kappa shape index (κ2) is 7.15. The minimum atomic E-state index is -0.396. The van der Waals surface area contributed by atoms with Gasteiger partial charge in [0.05, 0.1) is 5.54 Å². The van der Waals surface area contributed by atoms with Gasteiger partial charge in [-0.25, -0.2) is 0 Å². The molecule has 1 aromatic rings. The van der Waals surface area contributed by atoms with Crippen molar-refractivity contribution in [3.63, 3.8) is 0 Å². The topological polar surface area (TPSA) is 70.6 Å². The van der Waals surface area contributed by atoms with E-state index in [0.29, 0.717) is 0 Å². The predicted octanol–water partition coefficient (Wildman–Crippen LogP) is 4.19. The average molecular weight is 412 g/mol. The van der Waals surface area contributed by atoms with Crippen LogP contribution in [0.5, 0.6) is 0 Å². The Labute approximate surface area is 176 Å². The Hall–Kier alpha value is -1.82. The number of anilines is 1. The lowest BCUT2D eigenvalue weighted by molar-refractivity contribution is -0.122. The lowest BCUT2D eigenvalue weighted by Gasteiger charge is -2.55. The summed E-state index contributed by atoms with van der Waals surface area (Å²) in [6.07, 6.45) is 7.84. The highest BCUT2D eigenvalue weighted by molar-refractivity contribution is 8.15. The Bertz CT molecular complexity index is 859. The van der Waals surface area contributed by atoms with Crippen LogP contribution in [0.4, 0.5) is 5.69 Å². The number of carbonyl (C=O) groups is 2. The third-order valence-corrected chi connectivity index (χ3v) is 8.24. The van der Waals surface area contributed by atoms with Crippen molar-refractivity contribution in [1.29, 1.82) is 0 Å². The summed E-state index contributed by atoms with van der Waals surface area (Å²) >= 11 is 1.44. The number of amidine groups is 1. The molecule has 29 heavy (non-hydrogen) atoms. The standard InChI is InChI=1S/C23H29N3O2S/c1-13-3-4-14(2)18(5-13)24-20(27)9-19-21(28)25-22(29-19)26-23-10-15-6-16(11-23)8-17(7-15)12-23/h3-5,15-17,19H,6-12H2,1-2H3,(H,24,27)(H,25,26,28). The Morgan fingerprint density at radius 2 is 1.83 bits per heavy atom. The number of nitrogens with one attached hydrogen (secondary N) is 2. The van der Waals surface area contributed by atoms with Gasteiger partial charge in [0.1, 0.15) is 5.25 Å². The van der Waals surface area contributed by atoms with Crippen LogP contribution in [0.3, 0.4) is 0 Å². The number of benzene rings is 1. The molecule has 1 saturated heterocycles. The van der Waals surface area contributed by atoms with E-state index in [9.17, 15) is 9.59 Å². The first-order valence-corrected chi connectivity index (χ1v) is 11.7. The van der Waals surface area contributed by atoms with Crippen molar-refractivity contribution in [3.8, 4) is 0 Å². The quantitative estimate of drug-likeness (QED) is 0.780. The molecule has 0 spiro atoms. The normalized spacial score (nSPS) is 36.5. The van der Waals surface area contributed by atoms with E-state index in [0.717, 1.165) is 39.7 Å². The zero-order valence-electron chi connectivity index (χ0n) is 17.2. The smallest absolute Gasteiger partial charge is 0.240 e. The van der Waals surface area contributed by atoms with Crippen molar-refractivity contribution < 1.29 is 9.59 Å². The molecule has 2 N–H and O–H groups in total. The van der Waals surface area contributed by atoms with Crippen molar-refractivity contribution in [2.24, 2.45) is 22.7 Å². The molecule has 154 valence electrons. The first-order chi connectivity index (χ1) is 13.9. The van der Waals surface area contributed by atoms with Gasteiger partial charge >= 0.3 is 0 Å². The fourth-order valence-electron chi connectivity index (χ4n) is 6.25. The summed E-state index contributed by atoms with van der Waals surface area (Å²) in [5, 5.41) is 6.27. The van der Waals surface area contributed by atoms with Crippen LogP contribution in [0, 0.1) is 31.6 Å². The Kier molecular flexibility index (Phi) is 4.72. The molecule has 1 unspecified atom stereocenters. The molecular weight excluding hydrogens is 382 g/mol. The number of rotatable bonds is 4. The SMILES string of the molecule is Cc1ccc(C)c(NC(=O)CC2SC(=NC34CC5CC(CC(C5)C3)C4)NC2=O)c1. The lowest BCUT2D eigenvalue weighted by Crippen LogP contribution is -2.50. The predicted molar refractivity (Wildman–Crippen MR) is 117 cm³/mol. The van der Waals surface area contributed by atoms with Crippen LogP contribution < -0.4 is 10.6 Å². The molecule has 2 amide bonds. The molecule has 1 aromatic carbocycles. The first kappa shape index (κ1) is 19.2. The van der Waals surface area contributed by atoms with Gasteiger partial charge in [0, 0.05) is 12.1 Å². The fourth-order valence-corrected chi connectivity index (χ4v) is 7.33. The Morgan fingerprint density at radius 1 is 1.17 bits per heavy atom. The molecule has 1 aliphatic heterocycles. The number of hydrogen-bond donors (Lipinski definition) is 2. The van der Waals surface area contributed by atoms with E-state index in [1.54, 1.807) is 0 Å². The molecule has 0 aromatic heterocycles. The van der Waals surface area contributed by atoms with Crippen molar-refractivity contribution in [1.82, 2.24) is 5.32 Å². The summed E-state index contributed by atoms with van der Waals surface area (Å²) in [5.41, 5.74) is 2.99. The maximum atomic E-state index is 12.5. The molecule has 6 rings (SSSR count). The van der Waals surface area contributed by atoms with E-state index in [-0.39, 0.29) is 23.8 Å². The van der Waals surface area contributed by atoms with Crippen LogP contribution in [-0.4, -0.2) is 27.8 Å². The summed E-state index contributed by atoms with van der Waals surface area (Å²) in [6, 6.07) is 5.99. The lowest BCUT2D eigenvalue weighted by atomic mass is 9.53. The van der Waals surface area contributed by atoms with Crippen LogP contribution in [0.25, 0.3) is 0 Å². The van der Waals surface area contributed by atoms with E-state index in [1.165, 1.54) is 50.3 Å². The highest BCUT2D eigenvalue weighted by Crippen LogP contribution is 2.57. The molecule has 1 heterocycles. The average Bonchev–Trinajstić information content (AvgIpc) is 2.95. The number of hydrogen-bond acceptors (Lipinski definition) is 4. The van der Waals surface area contributed by atoms with Gasteiger partial charge in [-0.3, -0.25) is 14.6 Å². The van der Waals surface area contributed by atoms with Gasteiger partial charge in [-0.15, -0.1) is 0 Å². The molecule has 4 bridgehead atoms. The van der Waals surface area contributed by atoms with E-state index in [2.05, 4.69) is 10.6 Å². The maximum absolute atomic E-state index is 12.5. The third-order valence-electron chi connectivity index (χ3n) is 7.16. The van der Waals surface area contributed by atoms with E-state index < -0.39 is 5.25 Å². The van der Waals surface area contributed by atoms with Crippen molar-refractivity contribution in [2.45, 2.75) is 69.6 Å². The van der Waals surface area contributed by atoms with Gasteiger partial charge in [-0.2, -0.15) is 0 Å². The molecule has 4 saturated carbocycles. The van der Waals surface area contributed by atoms with Gasteiger partial charge in [-0.1, -0.05) is 23.9 Å². The number of aliphatic imine (C=N–C) groups is 1. The summed E-state index contributed by atoms with van der Waals surface area (Å²) in [6.45, 7) is 3.98. The molecular formula is C23H29N3O2S. The molecule has 5 nitrogen and oxygen atoms in total. The highest BCUT2D eigenvalue weighted by atomic mass is 32.2. The van der Waals surface area contributed by atoms with Gasteiger partial charge in [0.2, 0.25) is 11.8 Å². The second-order valence-corrected chi connectivity index (χ2v) is 10.9. The van der Waals surface area contributed by atoms with Gasteiger partial charge in [0.25, 0.3) is 0 Å². The molecule has 1 atom stereocenters. The van der Waals surface area contributed by atoms with Gasteiger partial charge in [-0.05, 0) is 87.3 Å². The van der Waals surface area contributed by atoms with E-state index in [4.69, 9.17) is 4.99 Å². The van der Waals surface area contributed by atoms with Crippen LogP contribution in [0.2, 0.25) is 0 Å². The third kappa shape index (κ3) is 3.83. The summed E-state index contributed by atoms with van der Waals surface area (Å²) in [4.78, 5) is 30.1. The number of nitrogens with zero attached hydrogens (tertiary/aromatic N) is 1. The fraction of sp³-hybridized carbons (Fsp3) is 0.609. The van der Waals surface area contributed by atoms with Gasteiger partial charge < -0.3 is 10.6 Å². The maximum Gasteiger partial charge on any atom is 0.240 e. The van der Waals surface area contributed by atoms with Crippen LogP contribution in [-0.2, 0) is 9.59 Å². The summed E-state index contributed by atoms with van der Waals surface area (Å²) in [7, 11) is 0. The number of amides is 2. The molecule has 5 aliphatic rings. The van der Waals surface area contributed by atoms with Crippen molar-refractivity contribution >= 4 is 34.4 Å². The van der Waals surface area contributed by atoms with E-state index >= 15 is 0 Å². The van der Waals surface area contributed by atoms with Gasteiger partial charge in [0.15, 0.2) is 5.17 Å². The minimum absolute atomic E-state index is 0.0419. The number of aryl methyl sites for hydroxylation is 2. The largest absolute Gasteiger partial charge is 0.326 e. The van der Waals surface area contributed by atoms with Crippen LogP contribution >= 0.6 is 11.8 Å². The van der Waals surface area contributed by atoms with Crippen LogP contribution in [0.1, 0.15) is 56.1 Å². The number of carbonyl (C=O) groups excluding carboxylic acids is 2. The Balaban J connectivity index is 1.24. The molecule has 5 fully saturated rings. The van der Waals surface area contributed by atoms with Crippen molar-refractivity contribution in [3.05, 3.63) is 29.3 Å². The minimum Gasteiger partial charge on any atom is -0.326 e. The molecule has 0 radical (unpaired) electrons. The molecule has 6 heteroatoms. The monoisotopic (exact) mass is 411 g/mol. The molecule has 4 aliphatic carbocycles. The Morgan fingerprint density at radius 3 is 2.48 bits per heavy atom. The second-order valence-electron chi connectivity index (χ2n) is 9.73. The summed E-state index contributed by atoms with van der Waals surface area (Å²) in [5.74, 6) is 2.27. The van der Waals surface area contributed by atoms with Crippen LogP contribution in [0.15, 0.2) is 23.2 Å².